The SMILES string of the molecule is C=C[C@@H]1C[C@H](C(=O)N[C@@H](c2cc(F)c(Cl)cc2F)C2COC2)N(C(=O)c2cc(CC)ccn2)C1. The topological polar surface area (TPSA) is 71.5 Å². The highest BCUT2D eigenvalue weighted by Gasteiger charge is 2.42. The summed E-state index contributed by atoms with van der Waals surface area (Å²) in [6.07, 6.45) is 4.41. The number of nitrogens with one attached hydrogen (secondary N) is 1. The normalized spacial score (nSPS) is 21.1. The molecule has 2 fully saturated rings. The van der Waals surface area contributed by atoms with E-state index >= 15 is 0 Å². The zero-order valence-corrected chi connectivity index (χ0v) is 19.5. The van der Waals surface area contributed by atoms with E-state index < -0.39 is 29.6 Å². The molecule has 1 N–H and O–H groups in total. The van der Waals surface area contributed by atoms with Gasteiger partial charge in [-0.05, 0) is 48.6 Å². The van der Waals surface area contributed by atoms with E-state index in [1.807, 2.05) is 13.0 Å². The molecular weight excluding hydrogens is 464 g/mol. The molecule has 34 heavy (non-hydrogen) atoms. The van der Waals surface area contributed by atoms with Gasteiger partial charge in [0.2, 0.25) is 5.91 Å². The van der Waals surface area contributed by atoms with Gasteiger partial charge in [-0.25, -0.2) is 8.78 Å². The zero-order valence-electron chi connectivity index (χ0n) is 18.8. The number of aryl methyl sites for hydroxylation is 1. The molecule has 0 aliphatic carbocycles. The van der Waals surface area contributed by atoms with Crippen LogP contribution in [0.1, 0.15) is 41.0 Å². The number of aromatic nitrogens is 1. The summed E-state index contributed by atoms with van der Waals surface area (Å²) < 4.78 is 34.1. The van der Waals surface area contributed by atoms with E-state index in [4.69, 9.17) is 16.3 Å². The number of ether oxygens (including phenoxy) is 1. The van der Waals surface area contributed by atoms with Crippen molar-refractivity contribution in [2.75, 3.05) is 19.8 Å². The summed E-state index contributed by atoms with van der Waals surface area (Å²) in [7, 11) is 0. The van der Waals surface area contributed by atoms with Gasteiger partial charge < -0.3 is 15.0 Å². The fraction of sp³-hybridized carbons (Fsp3) is 0.400. The number of amides is 2. The van der Waals surface area contributed by atoms with Crippen molar-refractivity contribution in [1.82, 2.24) is 15.2 Å². The lowest BCUT2D eigenvalue weighted by Gasteiger charge is -2.36. The first-order chi connectivity index (χ1) is 16.3. The largest absolute Gasteiger partial charge is 0.381 e. The Labute approximate surface area is 201 Å². The Bertz CT molecular complexity index is 1110. The number of hydrogen-bond donors (Lipinski definition) is 1. The fourth-order valence-electron chi connectivity index (χ4n) is 4.39. The van der Waals surface area contributed by atoms with E-state index in [-0.39, 0.29) is 34.0 Å². The summed E-state index contributed by atoms with van der Waals surface area (Å²) in [5, 5.41) is 2.52. The quantitative estimate of drug-likeness (QED) is 0.469. The van der Waals surface area contributed by atoms with Gasteiger partial charge in [-0.2, -0.15) is 0 Å². The summed E-state index contributed by atoms with van der Waals surface area (Å²) in [6.45, 7) is 6.70. The number of rotatable bonds is 7. The number of nitrogens with zero attached hydrogens (tertiary/aromatic N) is 2. The summed E-state index contributed by atoms with van der Waals surface area (Å²) in [6, 6.07) is 3.84. The van der Waals surface area contributed by atoms with Crippen molar-refractivity contribution in [1.29, 1.82) is 0 Å². The lowest BCUT2D eigenvalue weighted by molar-refractivity contribution is -0.128. The molecule has 2 aliphatic heterocycles. The molecule has 2 aromatic rings. The van der Waals surface area contributed by atoms with Crippen LogP contribution in [0.5, 0.6) is 0 Å². The Balaban J connectivity index is 1.60. The number of carbonyl (C=O) groups excluding carboxylic acids is 2. The number of likely N-dealkylation sites (tertiary alicyclic amines) is 1. The molecule has 0 unspecified atom stereocenters. The van der Waals surface area contributed by atoms with Crippen LogP contribution in [0.2, 0.25) is 5.02 Å². The molecule has 2 saturated heterocycles. The van der Waals surface area contributed by atoms with Gasteiger partial charge in [-0.15, -0.1) is 6.58 Å². The van der Waals surface area contributed by atoms with Gasteiger partial charge in [0, 0.05) is 24.2 Å². The van der Waals surface area contributed by atoms with Crippen LogP contribution < -0.4 is 5.32 Å². The van der Waals surface area contributed by atoms with Crippen LogP contribution in [-0.2, 0) is 16.0 Å². The summed E-state index contributed by atoms with van der Waals surface area (Å²) in [5.41, 5.74) is 1.22. The van der Waals surface area contributed by atoms with E-state index in [2.05, 4.69) is 16.9 Å². The third-order valence-corrected chi connectivity index (χ3v) is 6.78. The summed E-state index contributed by atoms with van der Waals surface area (Å²) in [4.78, 5) is 32.4. The van der Waals surface area contributed by atoms with Gasteiger partial charge in [0.1, 0.15) is 23.4 Å². The molecule has 0 spiro atoms. The van der Waals surface area contributed by atoms with Crippen LogP contribution in [0.15, 0.2) is 43.1 Å². The molecule has 1 aromatic carbocycles. The van der Waals surface area contributed by atoms with E-state index in [1.165, 1.54) is 4.90 Å². The predicted molar refractivity (Wildman–Crippen MR) is 123 cm³/mol. The first kappa shape index (κ1) is 24.3. The first-order valence-corrected chi connectivity index (χ1v) is 11.6. The van der Waals surface area contributed by atoms with Crippen molar-refractivity contribution in [3.05, 3.63) is 76.6 Å². The van der Waals surface area contributed by atoms with Crippen LogP contribution in [0, 0.1) is 23.5 Å². The fourth-order valence-corrected chi connectivity index (χ4v) is 4.54. The van der Waals surface area contributed by atoms with Crippen molar-refractivity contribution < 1.29 is 23.1 Å². The van der Waals surface area contributed by atoms with Crippen LogP contribution in [0.25, 0.3) is 0 Å². The molecule has 4 rings (SSSR count). The third-order valence-electron chi connectivity index (χ3n) is 6.49. The molecule has 0 radical (unpaired) electrons. The second kappa shape index (κ2) is 10.2. The second-order valence-electron chi connectivity index (χ2n) is 8.68. The predicted octanol–water partition coefficient (Wildman–Crippen LogP) is 4.10. The van der Waals surface area contributed by atoms with Crippen molar-refractivity contribution in [3.8, 4) is 0 Å². The van der Waals surface area contributed by atoms with Gasteiger partial charge in [-0.3, -0.25) is 14.6 Å². The maximum absolute atomic E-state index is 14.7. The van der Waals surface area contributed by atoms with Crippen molar-refractivity contribution in [2.24, 2.45) is 11.8 Å². The smallest absolute Gasteiger partial charge is 0.273 e. The van der Waals surface area contributed by atoms with Crippen LogP contribution in [0.3, 0.4) is 0 Å². The highest BCUT2D eigenvalue weighted by atomic mass is 35.5. The maximum Gasteiger partial charge on any atom is 0.273 e. The second-order valence-corrected chi connectivity index (χ2v) is 9.09. The molecule has 9 heteroatoms. The molecule has 2 amide bonds. The third kappa shape index (κ3) is 4.83. The molecule has 1 aromatic heterocycles. The number of halogens is 3. The highest BCUT2D eigenvalue weighted by Crippen LogP contribution is 2.33. The molecule has 2 aliphatic rings. The van der Waals surface area contributed by atoms with Gasteiger partial charge in [0.25, 0.3) is 5.91 Å². The minimum atomic E-state index is -0.825. The highest BCUT2D eigenvalue weighted by molar-refractivity contribution is 6.30. The van der Waals surface area contributed by atoms with Crippen molar-refractivity contribution >= 4 is 23.4 Å². The lowest BCUT2D eigenvalue weighted by Crippen LogP contribution is -2.50. The van der Waals surface area contributed by atoms with Gasteiger partial charge in [0.15, 0.2) is 0 Å². The molecular formula is C25H26ClF2N3O3. The summed E-state index contributed by atoms with van der Waals surface area (Å²) >= 11 is 5.71. The van der Waals surface area contributed by atoms with Crippen LogP contribution >= 0.6 is 11.6 Å². The number of hydrogen-bond acceptors (Lipinski definition) is 4. The van der Waals surface area contributed by atoms with E-state index in [0.29, 0.717) is 26.2 Å². The zero-order chi connectivity index (χ0) is 24.4. The molecule has 180 valence electrons. The Morgan fingerprint density at radius 1 is 1.32 bits per heavy atom. The molecule has 3 atom stereocenters. The Kier molecular flexibility index (Phi) is 7.28. The van der Waals surface area contributed by atoms with Crippen molar-refractivity contribution in [3.63, 3.8) is 0 Å². The summed E-state index contributed by atoms with van der Waals surface area (Å²) in [5.74, 6) is -2.61. The number of carbonyl (C=O) groups is 2. The van der Waals surface area contributed by atoms with Gasteiger partial charge in [-0.1, -0.05) is 24.6 Å². The van der Waals surface area contributed by atoms with Crippen LogP contribution in [0.4, 0.5) is 8.78 Å². The molecule has 0 bridgehead atoms. The minimum Gasteiger partial charge on any atom is -0.381 e. The van der Waals surface area contributed by atoms with E-state index in [0.717, 1.165) is 24.1 Å². The van der Waals surface area contributed by atoms with E-state index in [9.17, 15) is 18.4 Å². The van der Waals surface area contributed by atoms with E-state index in [1.54, 1.807) is 18.3 Å². The van der Waals surface area contributed by atoms with Gasteiger partial charge >= 0.3 is 0 Å². The average molecular weight is 490 g/mol. The maximum atomic E-state index is 14.7. The van der Waals surface area contributed by atoms with Gasteiger partial charge in [0.05, 0.1) is 24.3 Å². The molecule has 6 nitrogen and oxygen atoms in total. The average Bonchev–Trinajstić information content (AvgIpc) is 3.24. The molecule has 0 saturated carbocycles. The minimum absolute atomic E-state index is 0.00277. The Hall–Kier alpha value is -2.84. The van der Waals surface area contributed by atoms with Crippen LogP contribution in [-0.4, -0.2) is 47.5 Å². The van der Waals surface area contributed by atoms with Crippen molar-refractivity contribution in [2.45, 2.75) is 31.8 Å². The number of pyridine rings is 1. The Morgan fingerprint density at radius 3 is 2.74 bits per heavy atom. The standard InChI is InChI=1S/C25H26ClF2N3O3/c1-3-14-5-6-29-21(7-14)25(33)31-11-15(4-2)8-22(31)24(32)30-23(16-12-34-13-16)17-9-20(28)18(26)10-19(17)27/h4-7,9-10,15-16,22-23H,2-3,8,11-13H2,1H3,(H,30,32)/t15-,22-,23-/m1/s1. The molecule has 3 heterocycles. The Morgan fingerprint density at radius 2 is 2.09 bits per heavy atom. The monoisotopic (exact) mass is 489 g/mol. The lowest BCUT2D eigenvalue weighted by atomic mass is 9.90. The first-order valence-electron chi connectivity index (χ1n) is 11.2. The number of benzene rings is 1.